The third-order valence-corrected chi connectivity index (χ3v) is 4.14. The predicted octanol–water partition coefficient (Wildman–Crippen LogP) is 4.70. The lowest BCUT2D eigenvalue weighted by Crippen LogP contribution is -2.15. The summed E-state index contributed by atoms with van der Waals surface area (Å²) >= 11 is 0. The Labute approximate surface area is 126 Å². The van der Waals surface area contributed by atoms with Crippen molar-refractivity contribution in [1.29, 1.82) is 0 Å². The molecule has 0 heterocycles. The van der Waals surface area contributed by atoms with Gasteiger partial charge in [0.2, 0.25) is 0 Å². The van der Waals surface area contributed by atoms with Gasteiger partial charge in [-0.3, -0.25) is 0 Å². The minimum Gasteiger partial charge on any atom is -0.324 e. The Balaban J connectivity index is 1.94. The Kier molecular flexibility index (Phi) is 3.76. The first-order valence-corrected chi connectivity index (χ1v) is 7.44. The van der Waals surface area contributed by atoms with Gasteiger partial charge in [-0.25, -0.2) is 0 Å². The van der Waals surface area contributed by atoms with Crippen LogP contribution < -0.4 is 5.73 Å². The minimum atomic E-state index is 0.0383. The topological polar surface area (TPSA) is 26.0 Å². The summed E-state index contributed by atoms with van der Waals surface area (Å²) in [6.45, 7) is 4.26. The molecular formula is C20H21N. The minimum absolute atomic E-state index is 0.0383. The van der Waals surface area contributed by atoms with Gasteiger partial charge in [0.15, 0.2) is 0 Å². The van der Waals surface area contributed by atoms with E-state index in [1.807, 2.05) is 0 Å². The van der Waals surface area contributed by atoms with Gasteiger partial charge >= 0.3 is 0 Å². The number of hydrogen-bond acceptors (Lipinski definition) is 1. The molecule has 0 aliphatic heterocycles. The van der Waals surface area contributed by atoms with Crippen molar-refractivity contribution in [3.05, 3.63) is 82.9 Å². The number of rotatable bonds is 3. The smallest absolute Gasteiger partial charge is 0.0338 e. The van der Waals surface area contributed by atoms with E-state index in [2.05, 4.69) is 74.5 Å². The number of fused-ring (bicyclic) bond motifs is 1. The molecule has 2 N–H and O–H groups in total. The third kappa shape index (κ3) is 2.84. The van der Waals surface area contributed by atoms with Crippen LogP contribution in [0.25, 0.3) is 10.8 Å². The fraction of sp³-hybridized carbons (Fsp3) is 0.200. The fourth-order valence-electron chi connectivity index (χ4n) is 3.06. The Morgan fingerprint density at radius 2 is 1.67 bits per heavy atom. The van der Waals surface area contributed by atoms with E-state index in [9.17, 15) is 0 Å². The molecule has 3 aromatic rings. The van der Waals surface area contributed by atoms with E-state index in [4.69, 9.17) is 5.73 Å². The molecule has 0 aromatic heterocycles. The molecule has 1 unspecified atom stereocenters. The highest BCUT2D eigenvalue weighted by Crippen LogP contribution is 2.25. The Bertz CT molecular complexity index is 768. The zero-order chi connectivity index (χ0) is 14.8. The monoisotopic (exact) mass is 275 g/mol. The van der Waals surface area contributed by atoms with Gasteiger partial charge in [-0.2, -0.15) is 0 Å². The van der Waals surface area contributed by atoms with Crippen LogP contribution in [0.2, 0.25) is 0 Å². The van der Waals surface area contributed by atoms with Gasteiger partial charge in [0.1, 0.15) is 0 Å². The van der Waals surface area contributed by atoms with Gasteiger partial charge in [-0.15, -0.1) is 0 Å². The molecule has 1 heteroatoms. The summed E-state index contributed by atoms with van der Waals surface area (Å²) in [7, 11) is 0. The molecule has 0 fully saturated rings. The average Bonchev–Trinajstić information content (AvgIpc) is 2.47. The molecule has 0 amide bonds. The lowest BCUT2D eigenvalue weighted by atomic mass is 9.92. The van der Waals surface area contributed by atoms with Crippen LogP contribution in [0.15, 0.2) is 60.7 Å². The molecule has 0 saturated heterocycles. The van der Waals surface area contributed by atoms with E-state index in [1.165, 1.54) is 33.0 Å². The molecule has 0 aliphatic rings. The molecule has 3 aromatic carbocycles. The molecule has 0 aliphatic carbocycles. The van der Waals surface area contributed by atoms with Gasteiger partial charge in [-0.1, -0.05) is 66.2 Å². The van der Waals surface area contributed by atoms with Crippen LogP contribution in [0.5, 0.6) is 0 Å². The highest BCUT2D eigenvalue weighted by molar-refractivity contribution is 5.85. The molecule has 0 saturated carbocycles. The molecule has 21 heavy (non-hydrogen) atoms. The molecule has 0 bridgehead atoms. The summed E-state index contributed by atoms with van der Waals surface area (Å²) < 4.78 is 0. The Hall–Kier alpha value is -2.12. The quantitative estimate of drug-likeness (QED) is 0.736. The largest absolute Gasteiger partial charge is 0.324 e. The summed E-state index contributed by atoms with van der Waals surface area (Å²) in [5.74, 6) is 0. The van der Waals surface area contributed by atoms with Crippen molar-refractivity contribution >= 4 is 10.8 Å². The zero-order valence-corrected chi connectivity index (χ0v) is 12.6. The maximum absolute atomic E-state index is 6.47. The van der Waals surface area contributed by atoms with Crippen LogP contribution >= 0.6 is 0 Å². The van der Waals surface area contributed by atoms with Crippen molar-refractivity contribution in [3.63, 3.8) is 0 Å². The summed E-state index contributed by atoms with van der Waals surface area (Å²) in [4.78, 5) is 0. The second-order valence-electron chi connectivity index (χ2n) is 5.81. The molecule has 106 valence electrons. The van der Waals surface area contributed by atoms with Gasteiger partial charge in [0, 0.05) is 6.04 Å². The van der Waals surface area contributed by atoms with E-state index in [0.717, 1.165) is 6.42 Å². The summed E-state index contributed by atoms with van der Waals surface area (Å²) in [6, 6.07) is 21.5. The molecule has 0 spiro atoms. The molecule has 1 nitrogen and oxygen atoms in total. The van der Waals surface area contributed by atoms with Gasteiger partial charge in [-0.05, 0) is 47.7 Å². The molecule has 0 radical (unpaired) electrons. The maximum atomic E-state index is 6.47. The second-order valence-corrected chi connectivity index (χ2v) is 5.81. The van der Waals surface area contributed by atoms with Gasteiger partial charge < -0.3 is 5.73 Å². The van der Waals surface area contributed by atoms with Crippen molar-refractivity contribution < 1.29 is 0 Å². The first kappa shape index (κ1) is 13.8. The van der Waals surface area contributed by atoms with Crippen molar-refractivity contribution in [2.45, 2.75) is 26.3 Å². The van der Waals surface area contributed by atoms with E-state index in [0.29, 0.717) is 0 Å². The van der Waals surface area contributed by atoms with Crippen LogP contribution in [0, 0.1) is 13.8 Å². The standard InChI is InChI=1S/C20H21N/c1-14-10-11-18(15(2)12-14)20(21)13-17-8-5-7-16-6-3-4-9-19(16)17/h3-12,20H,13,21H2,1-2H3. The second kappa shape index (κ2) is 5.71. The van der Waals surface area contributed by atoms with Crippen molar-refractivity contribution in [3.8, 4) is 0 Å². The van der Waals surface area contributed by atoms with Crippen molar-refractivity contribution in [1.82, 2.24) is 0 Å². The number of hydrogen-bond donors (Lipinski definition) is 1. The number of benzene rings is 3. The van der Waals surface area contributed by atoms with E-state index in [1.54, 1.807) is 0 Å². The van der Waals surface area contributed by atoms with Crippen LogP contribution in [0.1, 0.15) is 28.3 Å². The van der Waals surface area contributed by atoms with Crippen LogP contribution in [-0.2, 0) is 6.42 Å². The SMILES string of the molecule is Cc1ccc(C(N)Cc2cccc3ccccc23)c(C)c1. The van der Waals surface area contributed by atoms with Crippen LogP contribution in [-0.4, -0.2) is 0 Å². The first-order valence-electron chi connectivity index (χ1n) is 7.44. The number of aryl methyl sites for hydroxylation is 2. The van der Waals surface area contributed by atoms with Crippen LogP contribution in [0.3, 0.4) is 0 Å². The average molecular weight is 275 g/mol. The Morgan fingerprint density at radius 3 is 2.48 bits per heavy atom. The molecule has 1 atom stereocenters. The van der Waals surface area contributed by atoms with E-state index >= 15 is 0 Å². The lowest BCUT2D eigenvalue weighted by molar-refractivity contribution is 0.720. The third-order valence-electron chi connectivity index (χ3n) is 4.14. The van der Waals surface area contributed by atoms with E-state index < -0.39 is 0 Å². The fourth-order valence-corrected chi connectivity index (χ4v) is 3.06. The molecular weight excluding hydrogens is 254 g/mol. The highest BCUT2D eigenvalue weighted by atomic mass is 14.6. The van der Waals surface area contributed by atoms with Crippen molar-refractivity contribution in [2.75, 3.05) is 0 Å². The molecule has 3 rings (SSSR count). The number of nitrogens with two attached hydrogens (primary N) is 1. The maximum Gasteiger partial charge on any atom is 0.0338 e. The van der Waals surface area contributed by atoms with Crippen LogP contribution in [0.4, 0.5) is 0 Å². The van der Waals surface area contributed by atoms with Gasteiger partial charge in [0.25, 0.3) is 0 Å². The highest BCUT2D eigenvalue weighted by Gasteiger charge is 2.11. The van der Waals surface area contributed by atoms with Crippen molar-refractivity contribution in [2.24, 2.45) is 5.73 Å². The normalized spacial score (nSPS) is 12.5. The Morgan fingerprint density at radius 1 is 0.905 bits per heavy atom. The summed E-state index contributed by atoms with van der Waals surface area (Å²) in [5.41, 5.74) is 11.6. The lowest BCUT2D eigenvalue weighted by Gasteiger charge is -2.16. The zero-order valence-electron chi connectivity index (χ0n) is 12.6. The summed E-state index contributed by atoms with van der Waals surface area (Å²) in [5, 5.41) is 2.59. The van der Waals surface area contributed by atoms with E-state index in [-0.39, 0.29) is 6.04 Å². The predicted molar refractivity (Wildman–Crippen MR) is 90.5 cm³/mol. The first-order chi connectivity index (χ1) is 10.1. The van der Waals surface area contributed by atoms with Gasteiger partial charge in [0.05, 0.1) is 0 Å². The summed E-state index contributed by atoms with van der Waals surface area (Å²) in [6.07, 6.45) is 0.866.